The Balaban J connectivity index is 1.71. The van der Waals surface area contributed by atoms with Gasteiger partial charge in [-0.05, 0) is 24.7 Å². The molecule has 0 atom stereocenters. The third-order valence-corrected chi connectivity index (χ3v) is 3.96. The Bertz CT molecular complexity index is 643. The molecule has 20 heavy (non-hydrogen) atoms. The van der Waals surface area contributed by atoms with Gasteiger partial charge in [-0.1, -0.05) is 30.3 Å². The van der Waals surface area contributed by atoms with Crippen LogP contribution in [0.4, 0.5) is 0 Å². The Morgan fingerprint density at radius 3 is 2.70 bits per heavy atom. The average Bonchev–Trinajstić information content (AvgIpc) is 3.10. The molecular weight excluding hydrogens is 266 g/mol. The van der Waals surface area contributed by atoms with Crippen molar-refractivity contribution in [1.29, 1.82) is 0 Å². The van der Waals surface area contributed by atoms with Gasteiger partial charge in [-0.25, -0.2) is 4.98 Å². The monoisotopic (exact) mass is 283 g/mol. The molecule has 3 rings (SSSR count). The van der Waals surface area contributed by atoms with Crippen molar-refractivity contribution in [1.82, 2.24) is 14.5 Å². The van der Waals surface area contributed by atoms with Gasteiger partial charge in [-0.15, -0.1) is 11.3 Å². The normalized spacial score (nSPS) is 11.1. The molecule has 3 aromatic rings. The van der Waals surface area contributed by atoms with Crippen LogP contribution in [0.25, 0.3) is 5.13 Å². The van der Waals surface area contributed by atoms with Crippen LogP contribution < -0.4 is 0 Å². The number of hydrogen-bond donors (Lipinski definition) is 0. The van der Waals surface area contributed by atoms with E-state index in [1.54, 1.807) is 11.3 Å². The van der Waals surface area contributed by atoms with E-state index in [1.807, 2.05) is 11.6 Å². The van der Waals surface area contributed by atoms with Gasteiger partial charge in [0.1, 0.15) is 0 Å². The van der Waals surface area contributed by atoms with Gasteiger partial charge in [0.15, 0.2) is 5.13 Å². The SMILES string of the molecule is CN(Cc1ccccc1)Cc1cccn1-c1nccs1. The summed E-state index contributed by atoms with van der Waals surface area (Å²) in [7, 11) is 2.15. The predicted molar refractivity (Wildman–Crippen MR) is 83.1 cm³/mol. The number of rotatable bonds is 5. The van der Waals surface area contributed by atoms with E-state index in [9.17, 15) is 0 Å². The summed E-state index contributed by atoms with van der Waals surface area (Å²) in [6, 6.07) is 14.8. The molecule has 0 bridgehead atoms. The fraction of sp³-hybridized carbons (Fsp3) is 0.188. The van der Waals surface area contributed by atoms with Gasteiger partial charge in [0, 0.05) is 36.6 Å². The largest absolute Gasteiger partial charge is 0.296 e. The lowest BCUT2D eigenvalue weighted by molar-refractivity contribution is 0.313. The Labute approximate surface area is 123 Å². The van der Waals surface area contributed by atoms with Crippen LogP contribution >= 0.6 is 11.3 Å². The lowest BCUT2D eigenvalue weighted by Gasteiger charge is -2.17. The molecule has 0 unspecified atom stereocenters. The van der Waals surface area contributed by atoms with Crippen molar-refractivity contribution < 1.29 is 0 Å². The van der Waals surface area contributed by atoms with Gasteiger partial charge in [-0.2, -0.15) is 0 Å². The van der Waals surface area contributed by atoms with E-state index in [4.69, 9.17) is 0 Å². The fourth-order valence-corrected chi connectivity index (χ4v) is 2.95. The quantitative estimate of drug-likeness (QED) is 0.714. The van der Waals surface area contributed by atoms with Crippen LogP contribution in [-0.4, -0.2) is 21.5 Å². The summed E-state index contributed by atoms with van der Waals surface area (Å²) in [5.41, 5.74) is 2.60. The van der Waals surface area contributed by atoms with Crippen molar-refractivity contribution in [3.63, 3.8) is 0 Å². The lowest BCUT2D eigenvalue weighted by atomic mass is 10.2. The maximum absolute atomic E-state index is 4.37. The molecule has 4 heteroatoms. The van der Waals surface area contributed by atoms with Crippen molar-refractivity contribution in [2.45, 2.75) is 13.1 Å². The standard InChI is InChI=1S/C16H17N3S/c1-18(12-14-6-3-2-4-7-14)13-15-8-5-10-19(15)16-17-9-11-20-16/h2-11H,12-13H2,1H3. The molecule has 1 aromatic carbocycles. The number of thiazole rings is 1. The molecule has 0 radical (unpaired) electrons. The highest BCUT2D eigenvalue weighted by molar-refractivity contribution is 7.12. The number of benzene rings is 1. The maximum Gasteiger partial charge on any atom is 0.193 e. The summed E-state index contributed by atoms with van der Waals surface area (Å²) in [4.78, 5) is 6.69. The highest BCUT2D eigenvalue weighted by Crippen LogP contribution is 2.17. The first-order chi connectivity index (χ1) is 9.83. The summed E-state index contributed by atoms with van der Waals surface area (Å²) in [6.07, 6.45) is 3.92. The van der Waals surface area contributed by atoms with Crippen molar-refractivity contribution in [2.75, 3.05) is 7.05 Å². The second-order valence-electron chi connectivity index (χ2n) is 4.84. The average molecular weight is 283 g/mol. The minimum Gasteiger partial charge on any atom is -0.296 e. The Morgan fingerprint density at radius 2 is 1.95 bits per heavy atom. The van der Waals surface area contributed by atoms with Crippen molar-refractivity contribution in [3.8, 4) is 5.13 Å². The summed E-state index contributed by atoms with van der Waals surface area (Å²) in [5.74, 6) is 0. The highest BCUT2D eigenvalue weighted by atomic mass is 32.1. The first-order valence-electron chi connectivity index (χ1n) is 6.61. The van der Waals surface area contributed by atoms with Crippen LogP contribution in [0.2, 0.25) is 0 Å². The van der Waals surface area contributed by atoms with Gasteiger partial charge >= 0.3 is 0 Å². The van der Waals surface area contributed by atoms with Crippen LogP contribution in [0.15, 0.2) is 60.2 Å². The van der Waals surface area contributed by atoms with Crippen LogP contribution in [0.1, 0.15) is 11.3 Å². The molecular formula is C16H17N3S. The molecule has 0 saturated heterocycles. The second-order valence-corrected chi connectivity index (χ2v) is 5.72. The third-order valence-electron chi connectivity index (χ3n) is 3.19. The van der Waals surface area contributed by atoms with Crippen LogP contribution in [-0.2, 0) is 13.1 Å². The molecule has 2 heterocycles. The molecule has 102 valence electrons. The van der Waals surface area contributed by atoms with E-state index in [0.29, 0.717) is 0 Å². The molecule has 2 aromatic heterocycles. The van der Waals surface area contributed by atoms with Gasteiger partial charge < -0.3 is 0 Å². The van der Waals surface area contributed by atoms with Gasteiger partial charge in [-0.3, -0.25) is 9.47 Å². The summed E-state index contributed by atoms with van der Waals surface area (Å²) in [6.45, 7) is 1.85. The third kappa shape index (κ3) is 2.98. The molecule has 0 aliphatic heterocycles. The van der Waals surface area contributed by atoms with Gasteiger partial charge in [0.25, 0.3) is 0 Å². The Morgan fingerprint density at radius 1 is 1.10 bits per heavy atom. The molecule has 0 saturated carbocycles. The summed E-state index contributed by atoms with van der Waals surface area (Å²) in [5, 5.41) is 3.03. The van der Waals surface area contributed by atoms with E-state index in [0.717, 1.165) is 18.2 Å². The zero-order valence-corrected chi connectivity index (χ0v) is 12.3. The topological polar surface area (TPSA) is 21.1 Å². The smallest absolute Gasteiger partial charge is 0.193 e. The second kappa shape index (κ2) is 6.03. The lowest BCUT2D eigenvalue weighted by Crippen LogP contribution is -2.19. The number of hydrogen-bond acceptors (Lipinski definition) is 3. The van der Waals surface area contributed by atoms with Crippen molar-refractivity contribution in [3.05, 3.63) is 71.5 Å². The van der Waals surface area contributed by atoms with Gasteiger partial charge in [0.05, 0.1) is 0 Å². The van der Waals surface area contributed by atoms with Crippen molar-refractivity contribution >= 4 is 11.3 Å². The molecule has 0 fully saturated rings. The zero-order valence-electron chi connectivity index (χ0n) is 11.4. The zero-order chi connectivity index (χ0) is 13.8. The molecule has 0 aliphatic carbocycles. The minimum atomic E-state index is 0.904. The Hall–Kier alpha value is -1.91. The predicted octanol–water partition coefficient (Wildman–Crippen LogP) is 3.57. The van der Waals surface area contributed by atoms with E-state index in [1.165, 1.54) is 11.3 Å². The summed E-state index contributed by atoms with van der Waals surface area (Å²) >= 11 is 1.66. The Kier molecular flexibility index (Phi) is 3.95. The first kappa shape index (κ1) is 13.1. The minimum absolute atomic E-state index is 0.904. The van der Waals surface area contributed by atoms with E-state index < -0.39 is 0 Å². The van der Waals surface area contributed by atoms with Crippen LogP contribution in [0.3, 0.4) is 0 Å². The molecule has 3 nitrogen and oxygen atoms in total. The van der Waals surface area contributed by atoms with Crippen LogP contribution in [0, 0.1) is 0 Å². The maximum atomic E-state index is 4.37. The molecule has 0 spiro atoms. The highest BCUT2D eigenvalue weighted by Gasteiger charge is 2.08. The van der Waals surface area contributed by atoms with Gasteiger partial charge in [0.2, 0.25) is 0 Å². The van der Waals surface area contributed by atoms with E-state index in [2.05, 4.69) is 70.2 Å². The molecule has 0 aliphatic rings. The molecule has 0 N–H and O–H groups in total. The van der Waals surface area contributed by atoms with E-state index in [-0.39, 0.29) is 0 Å². The number of aromatic nitrogens is 2. The first-order valence-corrected chi connectivity index (χ1v) is 7.49. The summed E-state index contributed by atoms with van der Waals surface area (Å²) < 4.78 is 2.16. The fourth-order valence-electron chi connectivity index (χ4n) is 2.29. The van der Waals surface area contributed by atoms with Crippen LogP contribution in [0.5, 0.6) is 0 Å². The van der Waals surface area contributed by atoms with Crippen molar-refractivity contribution in [2.24, 2.45) is 0 Å². The molecule has 0 amide bonds. The van der Waals surface area contributed by atoms with E-state index >= 15 is 0 Å². The number of nitrogens with zero attached hydrogens (tertiary/aromatic N) is 3.